The molecule has 1 aromatic heterocycles. The molecular weight excluding hydrogens is 251 g/mol. The molecule has 6 heteroatoms. The van der Waals surface area contributed by atoms with Crippen molar-refractivity contribution in [2.75, 3.05) is 0 Å². The molecule has 0 spiro atoms. The first-order valence-corrected chi connectivity index (χ1v) is 5.08. The number of halogens is 2. The van der Waals surface area contributed by atoms with Crippen LogP contribution in [0.5, 0.6) is 0 Å². The highest BCUT2D eigenvalue weighted by atomic mass is 35.5. The standard InChI is InChI=1S/C10H6Cl2N2O2/c11-6-1-2-8(7(12)5-6)14-9(10(15)16)3-4-13-14/h1-5H,(H,15,16). The van der Waals surface area contributed by atoms with Crippen LogP contribution in [0, 0.1) is 0 Å². The molecule has 0 amide bonds. The molecule has 0 saturated heterocycles. The minimum Gasteiger partial charge on any atom is -0.477 e. The Hall–Kier alpha value is -1.52. The van der Waals surface area contributed by atoms with Crippen molar-refractivity contribution in [1.82, 2.24) is 9.78 Å². The van der Waals surface area contributed by atoms with E-state index in [-0.39, 0.29) is 5.69 Å². The van der Waals surface area contributed by atoms with Gasteiger partial charge in [-0.2, -0.15) is 5.10 Å². The van der Waals surface area contributed by atoms with Crippen molar-refractivity contribution in [2.45, 2.75) is 0 Å². The summed E-state index contributed by atoms with van der Waals surface area (Å²) >= 11 is 11.7. The van der Waals surface area contributed by atoms with Crippen molar-refractivity contribution in [3.8, 4) is 5.69 Å². The zero-order chi connectivity index (χ0) is 11.7. The van der Waals surface area contributed by atoms with E-state index in [0.29, 0.717) is 15.7 Å². The van der Waals surface area contributed by atoms with Crippen molar-refractivity contribution in [3.63, 3.8) is 0 Å². The van der Waals surface area contributed by atoms with Crippen molar-refractivity contribution in [2.24, 2.45) is 0 Å². The van der Waals surface area contributed by atoms with Gasteiger partial charge in [0.2, 0.25) is 0 Å². The van der Waals surface area contributed by atoms with Crippen LogP contribution in [0.1, 0.15) is 10.5 Å². The van der Waals surface area contributed by atoms with Gasteiger partial charge in [-0.3, -0.25) is 0 Å². The van der Waals surface area contributed by atoms with E-state index in [0.717, 1.165) is 0 Å². The smallest absolute Gasteiger partial charge is 0.354 e. The number of nitrogens with zero attached hydrogens (tertiary/aromatic N) is 2. The predicted molar refractivity (Wildman–Crippen MR) is 60.5 cm³/mol. The number of aromatic carboxylic acids is 1. The van der Waals surface area contributed by atoms with Gasteiger partial charge < -0.3 is 5.11 Å². The van der Waals surface area contributed by atoms with Gasteiger partial charge >= 0.3 is 5.97 Å². The van der Waals surface area contributed by atoms with E-state index in [9.17, 15) is 4.79 Å². The Labute approximate surface area is 101 Å². The first-order chi connectivity index (χ1) is 7.59. The van der Waals surface area contributed by atoms with E-state index in [4.69, 9.17) is 28.3 Å². The van der Waals surface area contributed by atoms with Gasteiger partial charge in [0, 0.05) is 5.02 Å². The summed E-state index contributed by atoms with van der Waals surface area (Å²) in [7, 11) is 0. The molecule has 1 N–H and O–H groups in total. The topological polar surface area (TPSA) is 55.1 Å². The molecule has 0 bridgehead atoms. The summed E-state index contributed by atoms with van der Waals surface area (Å²) in [6.45, 7) is 0. The summed E-state index contributed by atoms with van der Waals surface area (Å²) in [6, 6.07) is 6.17. The largest absolute Gasteiger partial charge is 0.477 e. The number of hydrogen-bond donors (Lipinski definition) is 1. The van der Waals surface area contributed by atoms with Gasteiger partial charge in [0.1, 0.15) is 0 Å². The van der Waals surface area contributed by atoms with Crippen LogP contribution in [0.4, 0.5) is 0 Å². The Morgan fingerprint density at radius 1 is 1.31 bits per heavy atom. The summed E-state index contributed by atoms with van der Waals surface area (Å²) in [5.41, 5.74) is 0.526. The van der Waals surface area contributed by atoms with E-state index in [1.807, 2.05) is 0 Å². The number of benzene rings is 1. The molecular formula is C10H6Cl2N2O2. The lowest BCUT2D eigenvalue weighted by atomic mass is 10.3. The number of rotatable bonds is 2. The molecule has 4 nitrogen and oxygen atoms in total. The maximum atomic E-state index is 10.9. The third-order valence-corrected chi connectivity index (χ3v) is 2.54. The van der Waals surface area contributed by atoms with Crippen LogP contribution in [0.25, 0.3) is 5.69 Å². The molecule has 0 aliphatic carbocycles. The van der Waals surface area contributed by atoms with Crippen LogP contribution in [-0.4, -0.2) is 20.9 Å². The van der Waals surface area contributed by atoms with Crippen LogP contribution >= 0.6 is 23.2 Å². The third-order valence-electron chi connectivity index (χ3n) is 2.00. The molecule has 0 radical (unpaired) electrons. The van der Waals surface area contributed by atoms with Gasteiger partial charge in [0.25, 0.3) is 0 Å². The summed E-state index contributed by atoms with van der Waals surface area (Å²) < 4.78 is 1.25. The Kier molecular flexibility index (Phi) is 2.85. The third kappa shape index (κ3) is 1.89. The average Bonchev–Trinajstić information content (AvgIpc) is 2.66. The SMILES string of the molecule is O=C(O)c1ccnn1-c1ccc(Cl)cc1Cl. The number of aromatic nitrogens is 2. The Morgan fingerprint density at radius 3 is 2.69 bits per heavy atom. The van der Waals surface area contributed by atoms with Crippen molar-refractivity contribution < 1.29 is 9.90 Å². The molecule has 1 heterocycles. The Morgan fingerprint density at radius 2 is 2.06 bits per heavy atom. The Balaban J connectivity index is 2.59. The van der Waals surface area contributed by atoms with Crippen LogP contribution in [-0.2, 0) is 0 Å². The highest BCUT2D eigenvalue weighted by Crippen LogP contribution is 2.24. The fourth-order valence-corrected chi connectivity index (χ4v) is 1.80. The van der Waals surface area contributed by atoms with Crippen LogP contribution in [0.3, 0.4) is 0 Å². The van der Waals surface area contributed by atoms with E-state index >= 15 is 0 Å². The van der Waals surface area contributed by atoms with Gasteiger partial charge in [-0.05, 0) is 24.3 Å². The molecule has 16 heavy (non-hydrogen) atoms. The molecule has 0 aliphatic rings. The molecule has 1 aromatic carbocycles. The monoisotopic (exact) mass is 256 g/mol. The number of hydrogen-bond acceptors (Lipinski definition) is 2. The number of carboxylic acids is 1. The number of carbonyl (C=O) groups is 1. The van der Waals surface area contributed by atoms with Gasteiger partial charge in [-0.1, -0.05) is 23.2 Å². The summed E-state index contributed by atoms with van der Waals surface area (Å²) in [5, 5.41) is 13.7. The first kappa shape index (κ1) is 11.0. The zero-order valence-corrected chi connectivity index (χ0v) is 9.40. The van der Waals surface area contributed by atoms with Crippen molar-refractivity contribution >= 4 is 29.2 Å². The summed E-state index contributed by atoms with van der Waals surface area (Å²) in [4.78, 5) is 10.9. The molecule has 0 saturated carbocycles. The lowest BCUT2D eigenvalue weighted by Gasteiger charge is -2.06. The van der Waals surface area contributed by atoms with Crippen LogP contribution in [0.2, 0.25) is 10.0 Å². The van der Waals surface area contributed by atoms with E-state index in [1.54, 1.807) is 12.1 Å². The fraction of sp³-hybridized carbons (Fsp3) is 0. The first-order valence-electron chi connectivity index (χ1n) is 4.32. The van der Waals surface area contributed by atoms with E-state index in [1.165, 1.54) is 23.0 Å². The van der Waals surface area contributed by atoms with Gasteiger partial charge in [-0.25, -0.2) is 9.48 Å². The normalized spacial score (nSPS) is 10.4. The fourth-order valence-electron chi connectivity index (χ4n) is 1.31. The maximum absolute atomic E-state index is 10.9. The lowest BCUT2D eigenvalue weighted by Crippen LogP contribution is -2.08. The minimum atomic E-state index is -1.07. The molecule has 0 fully saturated rings. The van der Waals surface area contributed by atoms with E-state index in [2.05, 4.69) is 5.10 Å². The van der Waals surface area contributed by atoms with Gasteiger partial charge in [0.15, 0.2) is 5.69 Å². The average molecular weight is 257 g/mol. The van der Waals surface area contributed by atoms with Crippen molar-refractivity contribution in [1.29, 1.82) is 0 Å². The highest BCUT2D eigenvalue weighted by Gasteiger charge is 2.13. The highest BCUT2D eigenvalue weighted by molar-refractivity contribution is 6.35. The van der Waals surface area contributed by atoms with Crippen molar-refractivity contribution in [3.05, 3.63) is 46.2 Å². The molecule has 82 valence electrons. The van der Waals surface area contributed by atoms with Gasteiger partial charge in [0.05, 0.1) is 16.9 Å². The lowest BCUT2D eigenvalue weighted by molar-refractivity contribution is 0.0687. The molecule has 0 unspecified atom stereocenters. The zero-order valence-electron chi connectivity index (χ0n) is 7.89. The van der Waals surface area contributed by atoms with Crippen LogP contribution in [0.15, 0.2) is 30.5 Å². The van der Waals surface area contributed by atoms with Gasteiger partial charge in [-0.15, -0.1) is 0 Å². The minimum absolute atomic E-state index is 0.0456. The molecule has 2 rings (SSSR count). The molecule has 0 aliphatic heterocycles. The maximum Gasteiger partial charge on any atom is 0.354 e. The summed E-state index contributed by atoms with van der Waals surface area (Å²) in [5.74, 6) is -1.07. The Bertz CT molecular complexity index is 552. The molecule has 0 atom stereocenters. The van der Waals surface area contributed by atoms with Crippen LogP contribution < -0.4 is 0 Å². The van der Waals surface area contributed by atoms with E-state index < -0.39 is 5.97 Å². The molecule has 2 aromatic rings. The second-order valence-electron chi connectivity index (χ2n) is 3.03. The second kappa shape index (κ2) is 4.15. The summed E-state index contributed by atoms with van der Waals surface area (Å²) in [6.07, 6.45) is 1.40. The quantitative estimate of drug-likeness (QED) is 0.899. The predicted octanol–water partition coefficient (Wildman–Crippen LogP) is 2.88. The number of carboxylic acid groups (broad SMARTS) is 1. The second-order valence-corrected chi connectivity index (χ2v) is 3.87.